The lowest BCUT2D eigenvalue weighted by Crippen LogP contribution is -2.02. The summed E-state index contributed by atoms with van der Waals surface area (Å²) in [7, 11) is 1.62. The molecule has 2 rings (SSSR count). The number of nitrogens with one attached hydrogen (secondary N) is 1. The first-order chi connectivity index (χ1) is 8.60. The number of methoxy groups -OCH3 is 1. The second kappa shape index (κ2) is 5.08. The fourth-order valence-electron chi connectivity index (χ4n) is 1.63. The Morgan fingerprint density at radius 2 is 2.11 bits per heavy atom. The van der Waals surface area contributed by atoms with Gasteiger partial charge < -0.3 is 14.5 Å². The number of rotatable bonds is 4. The van der Waals surface area contributed by atoms with Crippen LogP contribution in [0.25, 0.3) is 0 Å². The lowest BCUT2D eigenvalue weighted by atomic mass is 10.3. The molecule has 0 unspecified atom stereocenters. The largest absolute Gasteiger partial charge is 0.493 e. The van der Waals surface area contributed by atoms with Gasteiger partial charge in [0, 0.05) is 5.69 Å². The predicted molar refractivity (Wildman–Crippen MR) is 68.8 cm³/mol. The van der Waals surface area contributed by atoms with Crippen molar-refractivity contribution in [3.05, 3.63) is 35.3 Å². The quantitative estimate of drug-likeness (QED) is 0.899. The Labute approximate surface area is 106 Å². The van der Waals surface area contributed by atoms with E-state index in [1.807, 2.05) is 26.8 Å². The molecule has 5 nitrogen and oxygen atoms in total. The summed E-state index contributed by atoms with van der Waals surface area (Å²) in [4.78, 5) is 8.50. The number of nitrogens with zero attached hydrogens (tertiary/aromatic N) is 2. The second-order valence-electron chi connectivity index (χ2n) is 4.13. The minimum atomic E-state index is 0.522. The first-order valence-corrected chi connectivity index (χ1v) is 5.77. The van der Waals surface area contributed by atoms with E-state index in [1.54, 1.807) is 13.3 Å². The first kappa shape index (κ1) is 12.4. The Morgan fingerprint density at radius 3 is 2.72 bits per heavy atom. The van der Waals surface area contributed by atoms with E-state index in [4.69, 9.17) is 9.15 Å². The Hall–Kier alpha value is -2.04. The Bertz CT molecular complexity index is 530. The minimum absolute atomic E-state index is 0.522. The zero-order valence-electron chi connectivity index (χ0n) is 11.1. The molecule has 0 radical (unpaired) electrons. The third-order valence-corrected chi connectivity index (χ3v) is 2.73. The number of oxazole rings is 1. The van der Waals surface area contributed by atoms with Crippen LogP contribution in [0, 0.1) is 20.8 Å². The molecule has 0 aromatic carbocycles. The molecule has 2 aromatic rings. The highest BCUT2D eigenvalue weighted by molar-refractivity contribution is 5.55. The van der Waals surface area contributed by atoms with Crippen LogP contribution >= 0.6 is 0 Å². The van der Waals surface area contributed by atoms with Crippen molar-refractivity contribution < 1.29 is 9.15 Å². The minimum Gasteiger partial charge on any atom is -0.493 e. The molecule has 0 aliphatic carbocycles. The van der Waals surface area contributed by atoms with E-state index in [1.165, 1.54) is 0 Å². The van der Waals surface area contributed by atoms with E-state index < -0.39 is 0 Å². The number of anilines is 1. The first-order valence-electron chi connectivity index (χ1n) is 5.77. The molecule has 5 heteroatoms. The van der Waals surface area contributed by atoms with Crippen molar-refractivity contribution in [2.75, 3.05) is 12.4 Å². The maximum atomic E-state index is 5.51. The summed E-state index contributed by atoms with van der Waals surface area (Å²) in [5, 5.41) is 3.24. The summed E-state index contributed by atoms with van der Waals surface area (Å²) < 4.78 is 10.8. The van der Waals surface area contributed by atoms with Crippen molar-refractivity contribution in [2.45, 2.75) is 27.3 Å². The highest BCUT2D eigenvalue weighted by Gasteiger charge is 2.08. The van der Waals surface area contributed by atoms with Crippen LogP contribution in [0.2, 0.25) is 0 Å². The molecule has 2 heterocycles. The van der Waals surface area contributed by atoms with Crippen LogP contribution in [0.1, 0.15) is 23.0 Å². The van der Waals surface area contributed by atoms with E-state index in [-0.39, 0.29) is 0 Å². The van der Waals surface area contributed by atoms with Crippen LogP contribution in [-0.4, -0.2) is 17.1 Å². The van der Waals surface area contributed by atoms with Crippen molar-refractivity contribution in [3.8, 4) is 5.75 Å². The number of hydrogen-bond acceptors (Lipinski definition) is 5. The SMILES string of the molecule is COc1cnc(C)cc1NCc1nc(C)c(C)o1. The zero-order valence-corrected chi connectivity index (χ0v) is 11.1. The van der Waals surface area contributed by atoms with Gasteiger partial charge in [0.15, 0.2) is 5.75 Å². The number of pyridine rings is 1. The highest BCUT2D eigenvalue weighted by atomic mass is 16.5. The van der Waals surface area contributed by atoms with Crippen molar-refractivity contribution in [2.24, 2.45) is 0 Å². The van der Waals surface area contributed by atoms with Gasteiger partial charge in [0.1, 0.15) is 5.76 Å². The van der Waals surface area contributed by atoms with E-state index in [0.717, 1.165) is 22.8 Å². The summed E-state index contributed by atoms with van der Waals surface area (Å²) in [6.07, 6.45) is 1.70. The summed E-state index contributed by atoms with van der Waals surface area (Å²) >= 11 is 0. The van der Waals surface area contributed by atoms with Gasteiger partial charge in [0.05, 0.1) is 31.2 Å². The molecule has 0 saturated heterocycles. The van der Waals surface area contributed by atoms with Gasteiger partial charge in [0.25, 0.3) is 0 Å². The molecule has 0 fully saturated rings. The van der Waals surface area contributed by atoms with Crippen LogP contribution < -0.4 is 10.1 Å². The molecule has 0 aliphatic rings. The molecule has 0 atom stereocenters. The summed E-state index contributed by atoms with van der Waals surface area (Å²) in [6, 6.07) is 1.93. The lowest BCUT2D eigenvalue weighted by Gasteiger charge is -2.09. The average Bonchev–Trinajstić information content (AvgIpc) is 2.66. The van der Waals surface area contributed by atoms with Gasteiger partial charge in [-0.1, -0.05) is 0 Å². The van der Waals surface area contributed by atoms with Gasteiger partial charge in [-0.2, -0.15) is 0 Å². The van der Waals surface area contributed by atoms with Crippen molar-refractivity contribution in [3.63, 3.8) is 0 Å². The maximum absolute atomic E-state index is 5.51. The van der Waals surface area contributed by atoms with Gasteiger partial charge in [0.2, 0.25) is 5.89 Å². The van der Waals surface area contributed by atoms with Crippen molar-refractivity contribution >= 4 is 5.69 Å². The van der Waals surface area contributed by atoms with Crippen LogP contribution in [-0.2, 0) is 6.54 Å². The third kappa shape index (κ3) is 2.61. The number of ether oxygens (including phenoxy) is 1. The molecule has 0 saturated carbocycles. The Morgan fingerprint density at radius 1 is 1.33 bits per heavy atom. The standard InChI is InChI=1S/C13H17N3O2/c1-8-5-11(12(17-4)6-14-8)15-7-13-16-9(2)10(3)18-13/h5-6H,7H2,1-4H3,(H,14,15). The second-order valence-corrected chi connectivity index (χ2v) is 4.13. The van der Waals surface area contributed by atoms with Crippen molar-refractivity contribution in [1.29, 1.82) is 0 Å². The molecule has 0 spiro atoms. The van der Waals surface area contributed by atoms with E-state index >= 15 is 0 Å². The summed E-state index contributed by atoms with van der Waals surface area (Å²) in [5.41, 5.74) is 2.74. The number of hydrogen-bond donors (Lipinski definition) is 1. The molecular formula is C13H17N3O2. The Balaban J connectivity index is 2.12. The molecule has 2 aromatic heterocycles. The molecule has 1 N–H and O–H groups in total. The Kier molecular flexibility index (Phi) is 3.50. The summed E-state index contributed by atoms with van der Waals surface area (Å²) in [5.74, 6) is 2.23. The van der Waals surface area contributed by atoms with Gasteiger partial charge in [-0.25, -0.2) is 4.98 Å². The maximum Gasteiger partial charge on any atom is 0.213 e. The van der Waals surface area contributed by atoms with E-state index in [9.17, 15) is 0 Å². The zero-order chi connectivity index (χ0) is 13.1. The highest BCUT2D eigenvalue weighted by Crippen LogP contribution is 2.24. The fraction of sp³-hybridized carbons (Fsp3) is 0.385. The molecule has 0 amide bonds. The smallest absolute Gasteiger partial charge is 0.213 e. The molecule has 0 aliphatic heterocycles. The van der Waals surface area contributed by atoms with Gasteiger partial charge in [-0.3, -0.25) is 4.98 Å². The van der Waals surface area contributed by atoms with Crippen molar-refractivity contribution in [1.82, 2.24) is 9.97 Å². The molecule has 96 valence electrons. The van der Waals surface area contributed by atoms with Crippen LogP contribution in [0.4, 0.5) is 5.69 Å². The fourth-order valence-corrected chi connectivity index (χ4v) is 1.63. The average molecular weight is 247 g/mol. The molecule has 0 bridgehead atoms. The predicted octanol–water partition coefficient (Wildman–Crippen LogP) is 2.62. The molecule has 18 heavy (non-hydrogen) atoms. The van der Waals surface area contributed by atoms with Crippen LogP contribution in [0.3, 0.4) is 0 Å². The normalized spacial score (nSPS) is 10.4. The van der Waals surface area contributed by atoms with Gasteiger partial charge >= 0.3 is 0 Å². The lowest BCUT2D eigenvalue weighted by molar-refractivity contribution is 0.414. The van der Waals surface area contributed by atoms with Gasteiger partial charge in [-0.05, 0) is 26.8 Å². The number of aryl methyl sites for hydroxylation is 3. The summed E-state index contributed by atoms with van der Waals surface area (Å²) in [6.45, 7) is 6.29. The molecular weight excluding hydrogens is 230 g/mol. The topological polar surface area (TPSA) is 60.2 Å². The number of aromatic nitrogens is 2. The van der Waals surface area contributed by atoms with E-state index in [0.29, 0.717) is 18.2 Å². The van der Waals surface area contributed by atoms with Crippen LogP contribution in [0.15, 0.2) is 16.7 Å². The third-order valence-electron chi connectivity index (χ3n) is 2.73. The monoisotopic (exact) mass is 247 g/mol. The van der Waals surface area contributed by atoms with E-state index in [2.05, 4.69) is 15.3 Å². The van der Waals surface area contributed by atoms with Crippen LogP contribution in [0.5, 0.6) is 5.75 Å². The van der Waals surface area contributed by atoms with Gasteiger partial charge in [-0.15, -0.1) is 0 Å².